The molecule has 2 aromatic heterocycles. The smallest absolute Gasteiger partial charge is 0.162 e. The van der Waals surface area contributed by atoms with E-state index in [-0.39, 0.29) is 11.1 Å². The van der Waals surface area contributed by atoms with Gasteiger partial charge in [0, 0.05) is 21.5 Å². The maximum absolute atomic E-state index is 16.1. The molecule has 0 radical (unpaired) electrons. The van der Waals surface area contributed by atoms with E-state index in [9.17, 15) is 10.5 Å². The SMILES string of the molecule is N#Cc1c(-n2c3ccccc3c3ccccc32)cc(-n2c3ccccc3c3ccccc32)c(C#N)c1F. The summed E-state index contributed by atoms with van der Waals surface area (Å²) in [5, 5.41) is 24.2. The van der Waals surface area contributed by atoms with Crippen molar-refractivity contribution in [2.75, 3.05) is 0 Å². The molecule has 2 heterocycles. The minimum atomic E-state index is -0.818. The number of hydrogen-bond acceptors (Lipinski definition) is 2. The van der Waals surface area contributed by atoms with Crippen LogP contribution in [0.25, 0.3) is 55.0 Å². The van der Waals surface area contributed by atoms with Crippen LogP contribution in [-0.4, -0.2) is 9.13 Å². The van der Waals surface area contributed by atoms with Gasteiger partial charge in [-0.05, 0) is 30.3 Å². The molecule has 7 rings (SSSR count). The lowest BCUT2D eigenvalue weighted by molar-refractivity contribution is 0.618. The highest BCUT2D eigenvalue weighted by Crippen LogP contribution is 2.38. The van der Waals surface area contributed by atoms with Gasteiger partial charge in [0.15, 0.2) is 5.82 Å². The molecule has 4 nitrogen and oxygen atoms in total. The van der Waals surface area contributed by atoms with Crippen LogP contribution in [-0.2, 0) is 0 Å². The second kappa shape index (κ2) is 7.81. The molecule has 7 aromatic rings. The monoisotopic (exact) mass is 476 g/mol. The molecule has 172 valence electrons. The lowest BCUT2D eigenvalue weighted by atomic mass is 10.0. The fourth-order valence-corrected chi connectivity index (χ4v) is 5.55. The third kappa shape index (κ3) is 2.80. The van der Waals surface area contributed by atoms with Crippen molar-refractivity contribution in [3.8, 4) is 23.5 Å². The van der Waals surface area contributed by atoms with E-state index in [4.69, 9.17) is 0 Å². The van der Waals surface area contributed by atoms with Gasteiger partial charge in [-0.3, -0.25) is 0 Å². The standard InChI is InChI=1S/C32H17FN4/c33-32-24(18-34)30(36-26-13-5-1-9-20(26)21-10-2-6-14-27(21)36)17-31(25(32)19-35)37-28-15-7-3-11-22(28)23-12-4-8-16-29(23)37/h1-17H. The third-order valence-electron chi connectivity index (χ3n) is 7.09. The Morgan fingerprint density at radius 3 is 1.08 bits per heavy atom. The van der Waals surface area contributed by atoms with Gasteiger partial charge in [0.05, 0.1) is 33.4 Å². The Morgan fingerprint density at radius 1 is 0.486 bits per heavy atom. The Morgan fingerprint density at radius 2 is 0.784 bits per heavy atom. The molecule has 0 N–H and O–H groups in total. The van der Waals surface area contributed by atoms with E-state index >= 15 is 4.39 Å². The Balaban J connectivity index is 1.69. The highest BCUT2D eigenvalue weighted by molar-refractivity contribution is 6.10. The van der Waals surface area contributed by atoms with Crippen LogP contribution in [0.1, 0.15) is 11.1 Å². The quantitative estimate of drug-likeness (QED) is 0.256. The first-order valence-electron chi connectivity index (χ1n) is 11.9. The van der Waals surface area contributed by atoms with E-state index in [0.717, 1.165) is 43.6 Å². The number of nitriles is 2. The van der Waals surface area contributed by atoms with E-state index in [0.29, 0.717) is 11.4 Å². The molecular formula is C32H17FN4. The van der Waals surface area contributed by atoms with Crippen LogP contribution in [0.5, 0.6) is 0 Å². The van der Waals surface area contributed by atoms with E-state index in [1.54, 1.807) is 6.07 Å². The van der Waals surface area contributed by atoms with Gasteiger partial charge in [-0.1, -0.05) is 72.8 Å². The van der Waals surface area contributed by atoms with Gasteiger partial charge in [-0.2, -0.15) is 10.5 Å². The largest absolute Gasteiger partial charge is 0.308 e. The Bertz CT molecular complexity index is 1880. The third-order valence-corrected chi connectivity index (χ3v) is 7.09. The first kappa shape index (κ1) is 20.9. The topological polar surface area (TPSA) is 57.4 Å². The van der Waals surface area contributed by atoms with Gasteiger partial charge in [0.25, 0.3) is 0 Å². The Hall–Kier alpha value is -5.39. The first-order chi connectivity index (χ1) is 18.2. The van der Waals surface area contributed by atoms with Gasteiger partial charge in [-0.15, -0.1) is 0 Å². The molecule has 0 amide bonds. The van der Waals surface area contributed by atoms with Gasteiger partial charge in [0.2, 0.25) is 0 Å². The lowest BCUT2D eigenvalue weighted by Crippen LogP contribution is -2.07. The molecule has 0 atom stereocenters. The van der Waals surface area contributed by atoms with Crippen molar-refractivity contribution in [2.24, 2.45) is 0 Å². The molecule has 37 heavy (non-hydrogen) atoms. The minimum absolute atomic E-state index is 0.160. The zero-order chi connectivity index (χ0) is 25.1. The Labute approximate surface area is 211 Å². The van der Waals surface area contributed by atoms with Crippen molar-refractivity contribution < 1.29 is 4.39 Å². The number of rotatable bonds is 2. The van der Waals surface area contributed by atoms with Gasteiger partial charge >= 0.3 is 0 Å². The molecule has 5 aromatic carbocycles. The van der Waals surface area contributed by atoms with E-state index < -0.39 is 5.82 Å². The van der Waals surface area contributed by atoms with E-state index in [1.165, 1.54) is 0 Å². The lowest BCUT2D eigenvalue weighted by Gasteiger charge is -2.16. The fourth-order valence-electron chi connectivity index (χ4n) is 5.55. The van der Waals surface area contributed by atoms with Crippen molar-refractivity contribution in [1.82, 2.24) is 9.13 Å². The number of benzene rings is 5. The maximum Gasteiger partial charge on any atom is 0.162 e. The van der Waals surface area contributed by atoms with Crippen molar-refractivity contribution >= 4 is 43.6 Å². The highest BCUT2D eigenvalue weighted by Gasteiger charge is 2.25. The second-order valence-electron chi connectivity index (χ2n) is 8.94. The van der Waals surface area contributed by atoms with Gasteiger partial charge in [0.1, 0.15) is 23.3 Å². The van der Waals surface area contributed by atoms with Crippen LogP contribution in [0.4, 0.5) is 4.39 Å². The summed E-state index contributed by atoms with van der Waals surface area (Å²) in [6.45, 7) is 0. The van der Waals surface area contributed by atoms with Crippen molar-refractivity contribution in [2.45, 2.75) is 0 Å². The number of aromatic nitrogens is 2. The number of halogens is 1. The molecule has 0 spiro atoms. The van der Waals surface area contributed by atoms with Crippen molar-refractivity contribution in [3.63, 3.8) is 0 Å². The number of nitrogens with zero attached hydrogens (tertiary/aromatic N) is 4. The summed E-state index contributed by atoms with van der Waals surface area (Å²) in [6.07, 6.45) is 0. The van der Waals surface area contributed by atoms with Crippen LogP contribution in [0.2, 0.25) is 0 Å². The zero-order valence-electron chi connectivity index (χ0n) is 19.5. The molecule has 0 aliphatic heterocycles. The molecule has 0 aliphatic carbocycles. The summed E-state index contributed by atoms with van der Waals surface area (Å²) in [7, 11) is 0. The summed E-state index contributed by atoms with van der Waals surface area (Å²) < 4.78 is 19.9. The van der Waals surface area contributed by atoms with Crippen LogP contribution in [0, 0.1) is 28.5 Å². The van der Waals surface area contributed by atoms with Gasteiger partial charge in [-0.25, -0.2) is 4.39 Å². The first-order valence-corrected chi connectivity index (χ1v) is 11.9. The average molecular weight is 477 g/mol. The molecule has 0 saturated carbocycles. The molecule has 0 fully saturated rings. The van der Waals surface area contributed by atoms with E-state index in [1.807, 2.05) is 118 Å². The summed E-state index contributed by atoms with van der Waals surface area (Å²) >= 11 is 0. The molecule has 0 unspecified atom stereocenters. The van der Waals surface area contributed by atoms with Crippen LogP contribution >= 0.6 is 0 Å². The number of para-hydroxylation sites is 4. The zero-order valence-corrected chi connectivity index (χ0v) is 19.5. The normalized spacial score (nSPS) is 11.3. The Kier molecular flexibility index (Phi) is 4.42. The molecule has 0 bridgehead atoms. The minimum Gasteiger partial charge on any atom is -0.308 e. The maximum atomic E-state index is 16.1. The average Bonchev–Trinajstić information content (AvgIpc) is 3.46. The number of hydrogen-bond donors (Lipinski definition) is 0. The second-order valence-corrected chi connectivity index (χ2v) is 8.94. The molecule has 5 heteroatoms. The molecular weight excluding hydrogens is 459 g/mol. The van der Waals surface area contributed by atoms with Crippen molar-refractivity contribution in [3.05, 3.63) is 120 Å². The summed E-state index contributed by atoms with van der Waals surface area (Å²) in [6, 6.07) is 37.4. The summed E-state index contributed by atoms with van der Waals surface area (Å²) in [5.74, 6) is -0.818. The number of fused-ring (bicyclic) bond motifs is 6. The summed E-state index contributed by atoms with van der Waals surface area (Å²) in [5.41, 5.74) is 3.91. The predicted molar refractivity (Wildman–Crippen MR) is 145 cm³/mol. The molecule has 0 saturated heterocycles. The van der Waals surface area contributed by atoms with Crippen molar-refractivity contribution in [1.29, 1.82) is 10.5 Å². The van der Waals surface area contributed by atoms with Crippen LogP contribution in [0.3, 0.4) is 0 Å². The summed E-state index contributed by atoms with van der Waals surface area (Å²) in [4.78, 5) is 0. The van der Waals surface area contributed by atoms with Crippen LogP contribution < -0.4 is 0 Å². The predicted octanol–water partition coefficient (Wildman–Crippen LogP) is 7.76. The molecule has 0 aliphatic rings. The van der Waals surface area contributed by atoms with E-state index in [2.05, 4.69) is 0 Å². The van der Waals surface area contributed by atoms with Crippen LogP contribution in [0.15, 0.2) is 103 Å². The fraction of sp³-hybridized carbons (Fsp3) is 0. The van der Waals surface area contributed by atoms with Gasteiger partial charge < -0.3 is 9.13 Å². The highest BCUT2D eigenvalue weighted by atomic mass is 19.1.